The minimum absolute atomic E-state index is 0.0130. The second kappa shape index (κ2) is 15.5. The number of nitrogen functional groups attached to an aromatic ring is 1. The van der Waals surface area contributed by atoms with Gasteiger partial charge in [0.25, 0.3) is 14.1 Å². The molecule has 2 aliphatic heterocycles. The van der Waals surface area contributed by atoms with Gasteiger partial charge in [-0.1, -0.05) is 30.3 Å². The van der Waals surface area contributed by atoms with Gasteiger partial charge in [-0.2, -0.15) is 4.57 Å². The number of aromatic nitrogens is 5. The minimum atomic E-state index is -5.78. The number of benzene rings is 1. The van der Waals surface area contributed by atoms with Crippen molar-refractivity contribution in [1.82, 2.24) is 19.5 Å². The van der Waals surface area contributed by atoms with Crippen molar-refractivity contribution in [2.75, 3.05) is 18.9 Å². The number of phosphoric acid groups is 3. The molecule has 0 saturated carbocycles. The molecule has 2 fully saturated rings. The van der Waals surface area contributed by atoms with Crippen molar-refractivity contribution in [2.45, 2.75) is 49.1 Å². The molecule has 9 N–H and O–H groups in total. The van der Waals surface area contributed by atoms with Gasteiger partial charge < -0.3 is 59.7 Å². The largest absolute Gasteiger partial charge is 0.756 e. The summed E-state index contributed by atoms with van der Waals surface area (Å²) < 4.78 is 68.4. The van der Waals surface area contributed by atoms with Gasteiger partial charge in [-0.3, -0.25) is 18.2 Å². The van der Waals surface area contributed by atoms with Crippen molar-refractivity contribution in [3.63, 3.8) is 0 Å². The quantitative estimate of drug-likeness (QED) is 0.0543. The van der Waals surface area contributed by atoms with Crippen LogP contribution in [0.5, 0.6) is 0 Å². The van der Waals surface area contributed by atoms with Gasteiger partial charge in [-0.25, -0.2) is 33.2 Å². The van der Waals surface area contributed by atoms with Crippen LogP contribution in [0.4, 0.5) is 5.82 Å². The van der Waals surface area contributed by atoms with Crippen LogP contribution in [0.1, 0.15) is 22.8 Å². The molecule has 2 unspecified atom stereocenters. The molecule has 0 radical (unpaired) electrons. The molecule has 27 heteroatoms. The number of phosphoric ester groups is 3. The third-order valence-corrected chi connectivity index (χ3v) is 11.2. The molecule has 1 aromatic carbocycles. The number of fused-ring (bicyclic) bond motifs is 1. The number of carboxylic acids is 1. The fourth-order valence-corrected chi connectivity index (χ4v) is 8.34. The van der Waals surface area contributed by atoms with E-state index in [-0.39, 0.29) is 22.5 Å². The predicted octanol–water partition coefficient (Wildman–Crippen LogP) is -1.26. The number of nitrogens with two attached hydrogens (primary N) is 1. The van der Waals surface area contributed by atoms with Crippen LogP contribution in [0.2, 0.25) is 0 Å². The monoisotopic (exact) mass is 820 g/mol. The molecular formula is C27H31N6O18P3. The van der Waals surface area contributed by atoms with Gasteiger partial charge >= 0.3 is 21.6 Å². The van der Waals surface area contributed by atoms with E-state index in [1.807, 2.05) is 0 Å². The number of ether oxygens (including phenoxy) is 2. The molecule has 24 nitrogen and oxygen atoms in total. The number of aromatic carboxylic acids is 1. The van der Waals surface area contributed by atoms with Gasteiger partial charge in [-0.05, 0) is 5.56 Å². The van der Waals surface area contributed by atoms with E-state index in [1.165, 1.54) is 12.3 Å². The lowest BCUT2D eigenvalue weighted by molar-refractivity contribution is -0.765. The van der Waals surface area contributed by atoms with Crippen molar-refractivity contribution in [2.24, 2.45) is 0 Å². The lowest BCUT2D eigenvalue weighted by atomic mass is 10.0. The molecular weight excluding hydrogens is 789 g/mol. The Hall–Kier alpha value is -3.64. The molecule has 5 heterocycles. The molecule has 292 valence electrons. The molecule has 0 aliphatic carbocycles. The fourth-order valence-electron chi connectivity index (χ4n) is 5.74. The molecule has 10 atom stereocenters. The summed E-state index contributed by atoms with van der Waals surface area (Å²) in [4.78, 5) is 65.3. The summed E-state index contributed by atoms with van der Waals surface area (Å²) >= 11 is 0. The summed E-state index contributed by atoms with van der Waals surface area (Å²) in [5, 5.41) is 41.8. The van der Waals surface area contributed by atoms with E-state index in [1.54, 1.807) is 30.3 Å². The highest BCUT2D eigenvalue weighted by molar-refractivity contribution is 7.60. The first kappa shape index (κ1) is 40.0. The normalized spacial score (nSPS) is 28.2. The summed E-state index contributed by atoms with van der Waals surface area (Å²) in [5.74, 6) is -1.38. The van der Waals surface area contributed by atoms with Crippen LogP contribution in [0.3, 0.4) is 0 Å². The van der Waals surface area contributed by atoms with Gasteiger partial charge in [0.2, 0.25) is 0 Å². The van der Waals surface area contributed by atoms with Crippen LogP contribution in [-0.4, -0.2) is 110 Å². The Kier molecular flexibility index (Phi) is 11.5. The van der Waals surface area contributed by atoms with Crippen LogP contribution in [0.25, 0.3) is 22.3 Å². The first-order valence-corrected chi connectivity index (χ1v) is 19.8. The number of anilines is 1. The van der Waals surface area contributed by atoms with Crippen LogP contribution < -0.4 is 15.2 Å². The third kappa shape index (κ3) is 8.75. The number of nitrogens with zero attached hydrogens (tertiary/aromatic N) is 5. The maximum atomic E-state index is 12.6. The Morgan fingerprint density at radius 1 is 0.944 bits per heavy atom. The average Bonchev–Trinajstić information content (AvgIpc) is 3.75. The summed E-state index contributed by atoms with van der Waals surface area (Å²) in [6.45, 7) is -2.18. The molecule has 0 spiro atoms. The highest BCUT2D eigenvalue weighted by atomic mass is 31.3. The Morgan fingerprint density at radius 2 is 1.63 bits per heavy atom. The highest BCUT2D eigenvalue weighted by Crippen LogP contribution is 2.58. The zero-order valence-corrected chi connectivity index (χ0v) is 29.8. The lowest BCUT2D eigenvalue weighted by Gasteiger charge is -2.26. The van der Waals surface area contributed by atoms with Crippen molar-refractivity contribution in [3.05, 3.63) is 67.0 Å². The van der Waals surface area contributed by atoms with E-state index in [0.717, 1.165) is 28.0 Å². The van der Waals surface area contributed by atoms with E-state index in [0.29, 0.717) is 11.1 Å². The molecule has 54 heavy (non-hydrogen) atoms. The minimum Gasteiger partial charge on any atom is -0.756 e. The molecule has 2 aliphatic rings. The zero-order valence-electron chi connectivity index (χ0n) is 27.1. The van der Waals surface area contributed by atoms with E-state index >= 15 is 0 Å². The van der Waals surface area contributed by atoms with Gasteiger partial charge in [0.15, 0.2) is 36.2 Å². The average molecular weight is 820 g/mol. The Bertz CT molecular complexity index is 2160. The van der Waals surface area contributed by atoms with Gasteiger partial charge in [0.05, 0.1) is 19.5 Å². The maximum Gasteiger partial charge on any atom is 0.478 e. The standard InChI is InChI=1S/C27H31N6O18P3/c28-23-18-24(30-11-29-23)33(12-31-18)26-22(50-52(39,40)41)20(35)17(49-26)10-47-54(44,45)51-53(42,43)46-9-16-19(34)21(36)25(48-16)32-7-6-14(15(8-32)27(37)38)13-4-2-1-3-5-13/h1-8,11-12,16-17,19-22,25-26,34-36H,9-10H2,(H6-,28,29,30,37,38,39,40,41,42,43,44,45)/t16-,17-,19-,20-,21-,22-,25-,26-/m1/s1. The summed E-state index contributed by atoms with van der Waals surface area (Å²) in [6.07, 6.45) is -9.05. The van der Waals surface area contributed by atoms with Crippen LogP contribution in [0.15, 0.2) is 61.4 Å². The van der Waals surface area contributed by atoms with Crippen molar-refractivity contribution >= 4 is 46.4 Å². The first-order valence-electron chi connectivity index (χ1n) is 15.3. The van der Waals surface area contributed by atoms with E-state index in [4.69, 9.17) is 19.7 Å². The number of pyridine rings is 1. The van der Waals surface area contributed by atoms with Gasteiger partial charge in [0, 0.05) is 11.6 Å². The molecule has 0 bridgehead atoms. The van der Waals surface area contributed by atoms with Crippen LogP contribution in [-0.2, 0) is 41.1 Å². The van der Waals surface area contributed by atoms with E-state index in [9.17, 15) is 58.5 Å². The van der Waals surface area contributed by atoms with Gasteiger partial charge in [0.1, 0.15) is 47.9 Å². The third-order valence-electron chi connectivity index (χ3n) is 8.16. The first-order chi connectivity index (χ1) is 25.3. The topological polar surface area (TPSA) is 362 Å². The number of imidazole rings is 1. The highest BCUT2D eigenvalue weighted by Gasteiger charge is 2.51. The fraction of sp³-hybridized carbons (Fsp3) is 0.370. The van der Waals surface area contributed by atoms with E-state index in [2.05, 4.69) is 28.3 Å². The second-order valence-corrected chi connectivity index (χ2v) is 15.9. The summed E-state index contributed by atoms with van der Waals surface area (Å²) in [6, 6.07) is 9.96. The SMILES string of the molecule is Nc1ncnc2c1ncn2[C@@H]1O[C@H](COP(=O)(O)OP(=O)([O-])OC[C@H]2O[C@@H]([n+]3ccc(-c4ccccc4)c(C(=O)O)c3)[C@H](O)[C@@H]2O)[C@@H](O)[C@H]1OP(=O)(O)O. The molecule has 2 saturated heterocycles. The van der Waals surface area contributed by atoms with Gasteiger partial charge in [-0.15, -0.1) is 0 Å². The molecule has 3 aromatic heterocycles. The number of carbonyl (C=O) groups is 1. The molecule has 0 amide bonds. The number of hydrogen-bond donors (Lipinski definition) is 8. The smallest absolute Gasteiger partial charge is 0.478 e. The predicted molar refractivity (Wildman–Crippen MR) is 172 cm³/mol. The summed E-state index contributed by atoms with van der Waals surface area (Å²) in [7, 11) is -16.7. The number of carboxylic acid groups (broad SMARTS) is 1. The Labute approximate surface area is 302 Å². The van der Waals surface area contributed by atoms with Crippen LogP contribution in [0, 0.1) is 0 Å². The van der Waals surface area contributed by atoms with Crippen LogP contribution >= 0.6 is 23.5 Å². The van der Waals surface area contributed by atoms with Crippen molar-refractivity contribution in [3.8, 4) is 11.1 Å². The number of aliphatic hydroxyl groups is 3. The Balaban J connectivity index is 1.08. The number of aliphatic hydroxyl groups excluding tert-OH is 3. The molecule has 4 aromatic rings. The second-order valence-electron chi connectivity index (χ2n) is 11.7. The van der Waals surface area contributed by atoms with E-state index < -0.39 is 91.7 Å². The zero-order chi connectivity index (χ0) is 39.2. The molecule has 6 rings (SSSR count). The number of hydrogen-bond acceptors (Lipinski definition) is 18. The lowest BCUT2D eigenvalue weighted by Crippen LogP contribution is -2.46. The summed E-state index contributed by atoms with van der Waals surface area (Å²) in [5.41, 5.74) is 6.54. The maximum absolute atomic E-state index is 12.6. The Morgan fingerprint density at radius 3 is 2.31 bits per heavy atom. The van der Waals surface area contributed by atoms with Crippen molar-refractivity contribution in [1.29, 1.82) is 0 Å². The number of rotatable bonds is 14. The van der Waals surface area contributed by atoms with Crippen molar-refractivity contribution < 1.29 is 90.4 Å².